The van der Waals surface area contributed by atoms with Gasteiger partial charge in [0.2, 0.25) is 23.4 Å². The molecule has 0 radical (unpaired) electrons. The standard InChI is InChI=1S/C23H27N7O2S/c1-13(15-6-5-11-30(15)3)31-17-8-10-26-20(27-17)21-28-22(32-29-21)23(2)9-4-7-16-18(23)14(12-24)19(25)33-16/h8,10,13,15H,4-7,9,11,25H2,1-3H3. The van der Waals surface area contributed by atoms with Crippen molar-refractivity contribution in [1.29, 1.82) is 5.26 Å². The number of ether oxygens (including phenoxy) is 1. The lowest BCUT2D eigenvalue weighted by Crippen LogP contribution is -2.38. The molecule has 3 unspecified atom stereocenters. The average molecular weight is 466 g/mol. The summed E-state index contributed by atoms with van der Waals surface area (Å²) in [5, 5.41) is 14.4. The zero-order valence-electron chi connectivity index (χ0n) is 19.0. The van der Waals surface area contributed by atoms with Crippen molar-refractivity contribution in [3.05, 3.63) is 34.2 Å². The second-order valence-corrected chi connectivity index (χ2v) is 10.2. The normalized spacial score (nSPS) is 23.8. The van der Waals surface area contributed by atoms with Gasteiger partial charge in [0, 0.05) is 28.7 Å². The number of anilines is 1. The van der Waals surface area contributed by atoms with Crippen LogP contribution in [0.2, 0.25) is 0 Å². The number of rotatable bonds is 5. The van der Waals surface area contributed by atoms with Gasteiger partial charge in [-0.3, -0.25) is 4.90 Å². The summed E-state index contributed by atoms with van der Waals surface area (Å²) in [5.41, 5.74) is 6.99. The zero-order valence-corrected chi connectivity index (χ0v) is 19.9. The van der Waals surface area contributed by atoms with Crippen molar-refractivity contribution in [2.24, 2.45) is 0 Å². The molecule has 4 heterocycles. The molecule has 3 atom stereocenters. The molecule has 10 heteroatoms. The lowest BCUT2D eigenvalue weighted by Gasteiger charge is -2.30. The first kappa shape index (κ1) is 21.8. The van der Waals surface area contributed by atoms with Crippen molar-refractivity contribution >= 4 is 16.3 Å². The molecule has 172 valence electrons. The van der Waals surface area contributed by atoms with Gasteiger partial charge in [-0.2, -0.15) is 15.2 Å². The van der Waals surface area contributed by atoms with Crippen LogP contribution in [-0.2, 0) is 11.8 Å². The number of nitrogens with zero attached hydrogens (tertiary/aromatic N) is 6. The highest BCUT2D eigenvalue weighted by atomic mass is 32.1. The second-order valence-electron chi connectivity index (χ2n) is 9.09. The third kappa shape index (κ3) is 3.75. The Kier molecular flexibility index (Phi) is 5.54. The van der Waals surface area contributed by atoms with E-state index < -0.39 is 5.41 Å². The first-order valence-corrected chi connectivity index (χ1v) is 12.1. The van der Waals surface area contributed by atoms with Gasteiger partial charge in [-0.1, -0.05) is 5.16 Å². The van der Waals surface area contributed by atoms with Crippen LogP contribution in [0.4, 0.5) is 5.00 Å². The fraction of sp³-hybridized carbons (Fsp3) is 0.522. The molecule has 5 rings (SSSR count). The van der Waals surface area contributed by atoms with E-state index in [1.807, 2.05) is 6.92 Å². The summed E-state index contributed by atoms with van der Waals surface area (Å²) < 4.78 is 11.8. The molecule has 3 aromatic heterocycles. The Morgan fingerprint density at radius 2 is 2.21 bits per heavy atom. The number of hydrogen-bond donors (Lipinski definition) is 1. The highest BCUT2D eigenvalue weighted by molar-refractivity contribution is 7.16. The Balaban J connectivity index is 1.42. The summed E-state index contributed by atoms with van der Waals surface area (Å²) in [6.45, 7) is 5.19. The lowest BCUT2D eigenvalue weighted by molar-refractivity contribution is 0.117. The first-order chi connectivity index (χ1) is 15.9. The SMILES string of the molecule is CC(Oc1ccnc(-c2noc(C3(C)CCCc4sc(N)c(C#N)c43)n2)n1)C1CCCN1C. The molecule has 1 aliphatic heterocycles. The van der Waals surface area contributed by atoms with Gasteiger partial charge >= 0.3 is 0 Å². The van der Waals surface area contributed by atoms with E-state index in [9.17, 15) is 5.26 Å². The lowest BCUT2D eigenvalue weighted by atomic mass is 9.72. The van der Waals surface area contributed by atoms with Crippen LogP contribution >= 0.6 is 11.3 Å². The molecule has 1 saturated heterocycles. The highest BCUT2D eigenvalue weighted by Gasteiger charge is 2.43. The van der Waals surface area contributed by atoms with Gasteiger partial charge in [-0.05, 0) is 59.5 Å². The van der Waals surface area contributed by atoms with E-state index in [2.05, 4.69) is 45.0 Å². The fourth-order valence-electron chi connectivity index (χ4n) is 5.16. The van der Waals surface area contributed by atoms with E-state index in [-0.39, 0.29) is 6.10 Å². The van der Waals surface area contributed by atoms with E-state index >= 15 is 0 Å². The molecule has 2 aliphatic rings. The van der Waals surface area contributed by atoms with E-state index in [4.69, 9.17) is 15.0 Å². The zero-order chi connectivity index (χ0) is 23.2. The van der Waals surface area contributed by atoms with Crippen LogP contribution in [0, 0.1) is 11.3 Å². The Bertz CT molecular complexity index is 1220. The fourth-order valence-corrected chi connectivity index (χ4v) is 6.35. The molecule has 0 saturated carbocycles. The van der Waals surface area contributed by atoms with Gasteiger partial charge in [0.15, 0.2) is 0 Å². The minimum atomic E-state index is -0.576. The Morgan fingerprint density at radius 1 is 1.36 bits per heavy atom. The molecule has 1 fully saturated rings. The summed E-state index contributed by atoms with van der Waals surface area (Å²) in [7, 11) is 2.12. The largest absolute Gasteiger partial charge is 0.473 e. The molecule has 0 amide bonds. The molecule has 1 aliphatic carbocycles. The quantitative estimate of drug-likeness (QED) is 0.601. The highest BCUT2D eigenvalue weighted by Crippen LogP contribution is 2.48. The number of nitrogens with two attached hydrogens (primary N) is 1. The maximum Gasteiger partial charge on any atom is 0.240 e. The first-order valence-electron chi connectivity index (χ1n) is 11.3. The number of hydrogen-bond acceptors (Lipinski definition) is 10. The molecule has 9 nitrogen and oxygen atoms in total. The second kappa shape index (κ2) is 8.39. The minimum Gasteiger partial charge on any atom is -0.473 e. The average Bonchev–Trinajstić information content (AvgIpc) is 3.52. The molecule has 33 heavy (non-hydrogen) atoms. The summed E-state index contributed by atoms with van der Waals surface area (Å²) in [6, 6.07) is 4.39. The monoisotopic (exact) mass is 465 g/mol. The topological polar surface area (TPSA) is 127 Å². The third-order valence-electron chi connectivity index (χ3n) is 6.91. The number of aryl methyl sites for hydroxylation is 1. The number of aromatic nitrogens is 4. The van der Waals surface area contributed by atoms with Gasteiger partial charge in [-0.15, -0.1) is 11.3 Å². The van der Waals surface area contributed by atoms with E-state index in [0.717, 1.165) is 42.7 Å². The molecular formula is C23H27N7O2S. The van der Waals surface area contributed by atoms with Crippen LogP contribution in [0.3, 0.4) is 0 Å². The Labute approximate surface area is 196 Å². The number of nitrogen functional groups attached to an aromatic ring is 1. The van der Waals surface area contributed by atoms with Gasteiger partial charge in [0.25, 0.3) is 0 Å². The molecular weight excluding hydrogens is 438 g/mol. The van der Waals surface area contributed by atoms with Crippen LogP contribution < -0.4 is 10.5 Å². The van der Waals surface area contributed by atoms with Gasteiger partial charge in [0.05, 0.1) is 11.0 Å². The van der Waals surface area contributed by atoms with Gasteiger partial charge in [-0.25, -0.2) is 4.98 Å². The van der Waals surface area contributed by atoms with Crippen molar-refractivity contribution in [2.75, 3.05) is 19.3 Å². The molecule has 0 aromatic carbocycles. The molecule has 2 N–H and O–H groups in total. The van der Waals surface area contributed by atoms with E-state index in [1.54, 1.807) is 12.3 Å². The van der Waals surface area contributed by atoms with Crippen LogP contribution in [0.15, 0.2) is 16.8 Å². The van der Waals surface area contributed by atoms with Crippen molar-refractivity contribution in [2.45, 2.75) is 63.5 Å². The Hall–Kier alpha value is -3.03. The minimum absolute atomic E-state index is 0.00843. The van der Waals surface area contributed by atoms with E-state index in [1.165, 1.54) is 17.8 Å². The van der Waals surface area contributed by atoms with Crippen molar-refractivity contribution in [3.63, 3.8) is 0 Å². The maximum absolute atomic E-state index is 9.70. The molecule has 0 spiro atoms. The van der Waals surface area contributed by atoms with Gasteiger partial charge < -0.3 is 15.0 Å². The summed E-state index contributed by atoms with van der Waals surface area (Å²) in [6.07, 6.45) is 6.60. The van der Waals surface area contributed by atoms with Gasteiger partial charge in [0.1, 0.15) is 17.2 Å². The summed E-state index contributed by atoms with van der Waals surface area (Å²) in [4.78, 5) is 17.0. The smallest absolute Gasteiger partial charge is 0.240 e. The van der Waals surface area contributed by atoms with E-state index in [0.29, 0.717) is 40.0 Å². The van der Waals surface area contributed by atoms with Crippen LogP contribution in [0.5, 0.6) is 5.88 Å². The van der Waals surface area contributed by atoms with Crippen molar-refractivity contribution in [3.8, 4) is 23.6 Å². The number of fused-ring (bicyclic) bond motifs is 1. The third-order valence-corrected chi connectivity index (χ3v) is 7.98. The Morgan fingerprint density at radius 3 is 2.97 bits per heavy atom. The van der Waals surface area contributed by atoms with Crippen LogP contribution in [0.1, 0.15) is 61.4 Å². The van der Waals surface area contributed by atoms with Crippen LogP contribution in [-0.4, -0.2) is 50.7 Å². The number of likely N-dealkylation sites (tertiary alicyclic amines) is 1. The molecule has 0 bridgehead atoms. The maximum atomic E-state index is 9.70. The van der Waals surface area contributed by atoms with Crippen molar-refractivity contribution in [1.82, 2.24) is 25.0 Å². The van der Waals surface area contributed by atoms with Crippen molar-refractivity contribution < 1.29 is 9.26 Å². The summed E-state index contributed by atoms with van der Waals surface area (Å²) in [5.74, 6) is 1.59. The number of likely N-dealkylation sites (N-methyl/N-ethyl adjacent to an activating group) is 1. The summed E-state index contributed by atoms with van der Waals surface area (Å²) >= 11 is 1.48. The molecule has 3 aromatic rings. The van der Waals surface area contributed by atoms with Crippen LogP contribution in [0.25, 0.3) is 11.6 Å². The predicted molar refractivity (Wildman–Crippen MR) is 124 cm³/mol. The number of thiophene rings is 1. The number of nitriles is 1. The predicted octanol–water partition coefficient (Wildman–Crippen LogP) is 3.55.